The van der Waals surface area contributed by atoms with Gasteiger partial charge in [0.1, 0.15) is 13.2 Å². The summed E-state index contributed by atoms with van der Waals surface area (Å²) in [5.41, 5.74) is 3.91. The largest absolute Gasteiger partial charge is 0.486 e. The van der Waals surface area contributed by atoms with Crippen molar-refractivity contribution < 1.29 is 9.47 Å². The van der Waals surface area contributed by atoms with Crippen LogP contribution in [0.25, 0.3) is 0 Å². The van der Waals surface area contributed by atoms with Crippen LogP contribution in [0.1, 0.15) is 51.3 Å². The molecule has 0 fully saturated rings. The Labute approximate surface area is 145 Å². The molecule has 3 nitrogen and oxygen atoms in total. The topological polar surface area (TPSA) is 31.4 Å². The fraction of sp³-hybridized carbons (Fsp3) is 0.476. The number of ether oxygens (including phenoxy) is 2. The predicted octanol–water partition coefficient (Wildman–Crippen LogP) is 4.67. The number of pyridine rings is 1. The van der Waals surface area contributed by atoms with Gasteiger partial charge in [0.15, 0.2) is 11.5 Å². The molecule has 3 heteroatoms. The van der Waals surface area contributed by atoms with E-state index in [1.54, 1.807) is 0 Å². The van der Waals surface area contributed by atoms with Crippen molar-refractivity contribution in [1.29, 1.82) is 0 Å². The minimum absolute atomic E-state index is 0.00593. The number of hydrogen-bond donors (Lipinski definition) is 0. The van der Waals surface area contributed by atoms with Crippen LogP contribution in [0, 0.1) is 0 Å². The molecule has 2 heterocycles. The second-order valence-electron chi connectivity index (χ2n) is 8.25. The van der Waals surface area contributed by atoms with Gasteiger partial charge in [-0.25, -0.2) is 0 Å². The summed E-state index contributed by atoms with van der Waals surface area (Å²) < 4.78 is 11.4. The molecule has 1 aliphatic heterocycles. The number of aromatic nitrogens is 1. The van der Waals surface area contributed by atoms with E-state index < -0.39 is 0 Å². The first-order chi connectivity index (χ1) is 11.3. The van der Waals surface area contributed by atoms with Gasteiger partial charge in [0.25, 0.3) is 0 Å². The van der Waals surface area contributed by atoms with Crippen molar-refractivity contribution in [2.45, 2.75) is 51.9 Å². The van der Waals surface area contributed by atoms with Crippen molar-refractivity contribution in [1.82, 2.24) is 4.98 Å². The maximum Gasteiger partial charge on any atom is 0.161 e. The molecule has 0 unspecified atom stereocenters. The Morgan fingerprint density at radius 2 is 1.58 bits per heavy atom. The summed E-state index contributed by atoms with van der Waals surface area (Å²) >= 11 is 0. The van der Waals surface area contributed by atoms with Crippen molar-refractivity contribution in [3.05, 3.63) is 53.3 Å². The average Bonchev–Trinajstić information content (AvgIpc) is 2.53. The van der Waals surface area contributed by atoms with Gasteiger partial charge >= 0.3 is 0 Å². The monoisotopic (exact) mass is 325 g/mol. The molecule has 0 amide bonds. The molecule has 3 rings (SSSR count). The molecule has 0 saturated carbocycles. The predicted molar refractivity (Wildman–Crippen MR) is 97.1 cm³/mol. The third-order valence-electron chi connectivity index (χ3n) is 4.63. The lowest BCUT2D eigenvalue weighted by molar-refractivity contribution is 0.171. The maximum absolute atomic E-state index is 5.74. The summed E-state index contributed by atoms with van der Waals surface area (Å²) in [4.78, 5) is 4.45. The highest BCUT2D eigenvalue weighted by Gasteiger charge is 2.25. The van der Waals surface area contributed by atoms with Crippen LogP contribution in [0.3, 0.4) is 0 Å². The van der Waals surface area contributed by atoms with Crippen molar-refractivity contribution in [2.24, 2.45) is 0 Å². The fourth-order valence-corrected chi connectivity index (χ4v) is 3.07. The van der Waals surface area contributed by atoms with Gasteiger partial charge in [-0.15, -0.1) is 0 Å². The van der Waals surface area contributed by atoms with Gasteiger partial charge in [0, 0.05) is 12.4 Å². The Morgan fingerprint density at radius 3 is 2.29 bits per heavy atom. The summed E-state index contributed by atoms with van der Waals surface area (Å²) in [7, 11) is 0. The third kappa shape index (κ3) is 3.55. The van der Waals surface area contributed by atoms with Crippen molar-refractivity contribution in [3.8, 4) is 11.5 Å². The molecule has 0 bridgehead atoms. The van der Waals surface area contributed by atoms with Crippen LogP contribution in [-0.2, 0) is 17.3 Å². The number of benzene rings is 1. The molecule has 0 N–H and O–H groups in total. The number of hydrogen-bond acceptors (Lipinski definition) is 3. The molecule has 1 aromatic carbocycles. The lowest BCUT2D eigenvalue weighted by Gasteiger charge is -2.28. The molecule has 0 saturated heterocycles. The molecule has 0 atom stereocenters. The van der Waals surface area contributed by atoms with Gasteiger partial charge < -0.3 is 9.47 Å². The summed E-state index contributed by atoms with van der Waals surface area (Å²) in [5.74, 6) is 1.70. The number of fused-ring (bicyclic) bond motifs is 1. The maximum atomic E-state index is 5.74. The lowest BCUT2D eigenvalue weighted by atomic mass is 9.78. The van der Waals surface area contributed by atoms with E-state index in [-0.39, 0.29) is 10.8 Å². The fourth-order valence-electron chi connectivity index (χ4n) is 3.07. The lowest BCUT2D eigenvalue weighted by Crippen LogP contribution is -2.22. The standard InChI is InChI=1S/C21H27NO2/c1-20(2,3)17-10-15(13-22-14-17)12-21(4,5)16-6-7-18-19(11-16)24-9-8-23-18/h6-7,10-11,13-14H,8-9,12H2,1-5H3. The summed E-state index contributed by atoms with van der Waals surface area (Å²) in [5, 5.41) is 0. The highest BCUT2D eigenvalue weighted by molar-refractivity contribution is 5.46. The Kier molecular flexibility index (Phi) is 4.29. The molecule has 1 aromatic heterocycles. The summed E-state index contributed by atoms with van der Waals surface area (Å²) in [6, 6.07) is 8.58. The van der Waals surface area contributed by atoms with E-state index in [1.807, 2.05) is 18.5 Å². The molecular formula is C21H27NO2. The average molecular weight is 325 g/mol. The van der Waals surface area contributed by atoms with Crippen LogP contribution in [0.4, 0.5) is 0 Å². The molecule has 0 spiro atoms. The Morgan fingerprint density at radius 1 is 0.875 bits per heavy atom. The second kappa shape index (κ2) is 6.12. The minimum Gasteiger partial charge on any atom is -0.486 e. The van der Waals surface area contributed by atoms with Gasteiger partial charge in [-0.3, -0.25) is 4.98 Å². The summed E-state index contributed by atoms with van der Waals surface area (Å²) in [6.07, 6.45) is 4.89. The Bertz CT molecular complexity index is 729. The zero-order valence-corrected chi connectivity index (χ0v) is 15.3. The van der Waals surface area contributed by atoms with E-state index in [2.05, 4.69) is 57.8 Å². The Balaban J connectivity index is 1.86. The SMILES string of the molecule is CC(C)(C)c1cncc(CC(C)(C)c2ccc3c(c2)OCCO3)c1. The van der Waals surface area contributed by atoms with Crippen molar-refractivity contribution >= 4 is 0 Å². The third-order valence-corrected chi connectivity index (χ3v) is 4.63. The molecule has 0 aliphatic carbocycles. The zero-order chi connectivity index (χ0) is 17.4. The van der Waals surface area contributed by atoms with E-state index in [9.17, 15) is 0 Å². The smallest absolute Gasteiger partial charge is 0.161 e. The van der Waals surface area contributed by atoms with Crippen LogP contribution in [0.2, 0.25) is 0 Å². The van der Waals surface area contributed by atoms with Gasteiger partial charge in [0.2, 0.25) is 0 Å². The highest BCUT2D eigenvalue weighted by Crippen LogP contribution is 2.36. The van der Waals surface area contributed by atoms with Gasteiger partial charge in [-0.2, -0.15) is 0 Å². The van der Waals surface area contributed by atoms with E-state index in [1.165, 1.54) is 16.7 Å². The molecule has 0 radical (unpaired) electrons. The minimum atomic E-state index is -0.00593. The first-order valence-corrected chi connectivity index (χ1v) is 8.60. The van der Waals surface area contributed by atoms with Crippen LogP contribution >= 0.6 is 0 Å². The van der Waals surface area contributed by atoms with Gasteiger partial charge in [0.05, 0.1) is 0 Å². The van der Waals surface area contributed by atoms with Crippen LogP contribution in [-0.4, -0.2) is 18.2 Å². The summed E-state index contributed by atoms with van der Waals surface area (Å²) in [6.45, 7) is 12.4. The van der Waals surface area contributed by atoms with E-state index >= 15 is 0 Å². The Hall–Kier alpha value is -2.03. The molecule has 2 aromatic rings. The van der Waals surface area contributed by atoms with E-state index in [0.29, 0.717) is 13.2 Å². The highest BCUT2D eigenvalue weighted by atomic mass is 16.6. The van der Waals surface area contributed by atoms with Crippen LogP contribution in [0.15, 0.2) is 36.7 Å². The van der Waals surface area contributed by atoms with Crippen molar-refractivity contribution in [3.63, 3.8) is 0 Å². The molecule has 24 heavy (non-hydrogen) atoms. The van der Waals surface area contributed by atoms with E-state index in [4.69, 9.17) is 9.47 Å². The molecular weight excluding hydrogens is 298 g/mol. The van der Waals surface area contributed by atoms with Gasteiger partial charge in [-0.05, 0) is 46.1 Å². The normalized spacial score (nSPS) is 14.5. The van der Waals surface area contributed by atoms with Crippen LogP contribution in [0.5, 0.6) is 11.5 Å². The zero-order valence-electron chi connectivity index (χ0n) is 15.3. The first kappa shape index (κ1) is 16.8. The number of rotatable bonds is 3. The van der Waals surface area contributed by atoms with E-state index in [0.717, 1.165) is 17.9 Å². The van der Waals surface area contributed by atoms with Crippen LogP contribution < -0.4 is 9.47 Å². The quantitative estimate of drug-likeness (QED) is 0.822. The second-order valence-corrected chi connectivity index (χ2v) is 8.25. The van der Waals surface area contributed by atoms with Gasteiger partial charge in [-0.1, -0.05) is 46.8 Å². The molecule has 1 aliphatic rings. The molecule has 128 valence electrons. The first-order valence-electron chi connectivity index (χ1n) is 8.60. The number of nitrogens with zero attached hydrogens (tertiary/aromatic N) is 1. The van der Waals surface area contributed by atoms with Crippen molar-refractivity contribution in [2.75, 3.05) is 13.2 Å².